The van der Waals surface area contributed by atoms with Gasteiger partial charge < -0.3 is 19.3 Å². The lowest BCUT2D eigenvalue weighted by molar-refractivity contribution is -0.192. The first kappa shape index (κ1) is 17.6. The lowest BCUT2D eigenvalue weighted by Crippen LogP contribution is -2.33. The number of nitrogens with one attached hydrogen (secondary N) is 1. The van der Waals surface area contributed by atoms with E-state index in [9.17, 15) is 19.1 Å². The van der Waals surface area contributed by atoms with Crippen LogP contribution in [0.1, 0.15) is 19.4 Å². The van der Waals surface area contributed by atoms with Crippen molar-refractivity contribution in [1.29, 1.82) is 0 Å². The van der Waals surface area contributed by atoms with Gasteiger partial charge in [0.15, 0.2) is 5.82 Å². The second-order valence-electron chi connectivity index (χ2n) is 4.51. The summed E-state index contributed by atoms with van der Waals surface area (Å²) in [5.41, 5.74) is -1.51. The molecule has 0 aliphatic carbocycles. The number of nitrogens with zero attached hydrogens (tertiary/aromatic N) is 1. The van der Waals surface area contributed by atoms with Crippen molar-refractivity contribution in [1.82, 2.24) is 10.1 Å². The Morgan fingerprint density at radius 1 is 1.22 bits per heavy atom. The average molecular weight is 344 g/mol. The molecule has 3 N–H and O–H groups in total. The van der Waals surface area contributed by atoms with E-state index in [1.807, 2.05) is 0 Å². The minimum atomic E-state index is -4.78. The molecule has 0 amide bonds. The summed E-state index contributed by atoms with van der Waals surface area (Å²) >= 11 is 0. The van der Waals surface area contributed by atoms with Crippen molar-refractivity contribution in [2.24, 2.45) is 0 Å². The molecule has 0 bridgehead atoms. The molecule has 1 aromatic carbocycles. The zero-order valence-electron chi connectivity index (χ0n) is 12.6. The predicted molar refractivity (Wildman–Crippen MR) is 79.5 cm³/mol. The highest BCUT2D eigenvalue weighted by Crippen LogP contribution is 2.58. The molecule has 0 saturated heterocycles. The molecular weight excluding hydrogens is 327 g/mol. The molecule has 1 aromatic heterocycles. The molecule has 0 aliphatic heterocycles. The van der Waals surface area contributed by atoms with Crippen LogP contribution in [0.4, 0.5) is 0 Å². The van der Waals surface area contributed by atoms with Gasteiger partial charge in [-0.1, -0.05) is 29.4 Å². The van der Waals surface area contributed by atoms with Crippen molar-refractivity contribution in [3.63, 3.8) is 0 Å². The third kappa shape index (κ3) is 3.44. The first-order valence-corrected chi connectivity index (χ1v) is 8.45. The summed E-state index contributed by atoms with van der Waals surface area (Å²) in [4.78, 5) is 32.8. The van der Waals surface area contributed by atoms with Gasteiger partial charge in [-0.05, 0) is 13.8 Å². The van der Waals surface area contributed by atoms with E-state index in [4.69, 9.17) is 9.47 Å². The van der Waals surface area contributed by atoms with E-state index >= 15 is 0 Å². The van der Waals surface area contributed by atoms with E-state index < -0.39 is 18.9 Å². The summed E-state index contributed by atoms with van der Waals surface area (Å²) in [5.74, 6) is -0.492. The van der Waals surface area contributed by atoms with Crippen LogP contribution in [0.15, 0.2) is 33.6 Å². The van der Waals surface area contributed by atoms with Gasteiger partial charge in [-0.15, -0.1) is 0 Å². The van der Waals surface area contributed by atoms with Gasteiger partial charge in [0.05, 0.1) is 0 Å². The summed E-state index contributed by atoms with van der Waals surface area (Å²) in [6, 6.07) is 5.91. The molecule has 10 heteroatoms. The van der Waals surface area contributed by atoms with Gasteiger partial charge in [0, 0.05) is 24.3 Å². The fourth-order valence-corrected chi connectivity index (χ4v) is 3.21. The van der Waals surface area contributed by atoms with Gasteiger partial charge in [0.1, 0.15) is 0 Å². The maximum Gasteiger partial charge on any atom is 0.439 e. The Morgan fingerprint density at radius 2 is 1.78 bits per heavy atom. The highest BCUT2D eigenvalue weighted by molar-refractivity contribution is 7.52. The third-order valence-electron chi connectivity index (χ3n) is 3.03. The summed E-state index contributed by atoms with van der Waals surface area (Å²) in [6.07, 6.45) is 0. The number of hydrogen-bond acceptors (Lipinski definition) is 6. The highest BCUT2D eigenvalue weighted by Gasteiger charge is 2.51. The molecule has 0 unspecified atom stereocenters. The normalized spacial score (nSPS) is 12.5. The minimum Gasteiger partial charge on any atom is -0.337 e. The van der Waals surface area contributed by atoms with Crippen LogP contribution in [0.2, 0.25) is 0 Å². The van der Waals surface area contributed by atoms with Crippen molar-refractivity contribution in [2.45, 2.75) is 19.4 Å². The van der Waals surface area contributed by atoms with Gasteiger partial charge in [-0.3, -0.25) is 14.1 Å². The molecule has 0 fully saturated rings. The number of hydrogen-bond donors (Lipinski definition) is 3. The number of benzene rings is 1. The third-order valence-corrected chi connectivity index (χ3v) is 4.31. The summed E-state index contributed by atoms with van der Waals surface area (Å²) in [5, 5.41) is 3.54. The van der Waals surface area contributed by atoms with E-state index in [0.717, 1.165) is 0 Å². The van der Waals surface area contributed by atoms with Gasteiger partial charge in [-0.2, -0.15) is 0 Å². The lowest BCUT2D eigenvalue weighted by atomic mass is 10.1. The van der Waals surface area contributed by atoms with Crippen LogP contribution >= 0.6 is 7.60 Å². The van der Waals surface area contributed by atoms with Crippen molar-refractivity contribution >= 4 is 7.60 Å². The largest absolute Gasteiger partial charge is 0.439 e. The van der Waals surface area contributed by atoms with Gasteiger partial charge in [0.25, 0.3) is 5.53 Å². The minimum absolute atomic E-state index is 0.0451. The second-order valence-corrected chi connectivity index (χ2v) is 6.19. The van der Waals surface area contributed by atoms with E-state index in [0.29, 0.717) is 5.56 Å². The Labute approximate surface area is 131 Å². The Morgan fingerprint density at radius 3 is 2.17 bits per heavy atom. The molecule has 0 aliphatic rings. The Hall–Kier alpha value is -1.77. The molecular formula is C13H17N2O7P. The van der Waals surface area contributed by atoms with Crippen molar-refractivity contribution in [2.75, 3.05) is 13.2 Å². The van der Waals surface area contributed by atoms with E-state index in [1.165, 1.54) is 24.3 Å². The molecule has 2 rings (SSSR count). The van der Waals surface area contributed by atoms with Crippen LogP contribution in [0.3, 0.4) is 0 Å². The fraction of sp³-hybridized carbons (Fsp3) is 0.385. The van der Waals surface area contributed by atoms with Crippen LogP contribution in [0.25, 0.3) is 11.4 Å². The zero-order valence-corrected chi connectivity index (χ0v) is 13.4. The smallest absolute Gasteiger partial charge is 0.337 e. The first-order chi connectivity index (χ1) is 10.8. The summed E-state index contributed by atoms with van der Waals surface area (Å²) in [7, 11) is -4.78. The standard InChI is InChI=1S/C13H17N2O7P/c1-3-20-13(21-4-2,23(17,18)19)10-7-5-9(6-8-10)11-14-12(16)22-15-11/h5-8H,3-4H2,1-2H3,(H,14,15,16)(H2,17,18,19). The van der Waals surface area contributed by atoms with Crippen molar-refractivity contribution in [3.8, 4) is 11.4 Å². The molecule has 126 valence electrons. The number of rotatable bonds is 7. The quantitative estimate of drug-likeness (QED) is 0.506. The number of H-pyrrole nitrogens is 1. The van der Waals surface area contributed by atoms with E-state index in [1.54, 1.807) is 13.8 Å². The molecule has 0 radical (unpaired) electrons. The topological polar surface area (TPSA) is 135 Å². The second kappa shape index (κ2) is 6.77. The molecule has 0 saturated carbocycles. The molecule has 9 nitrogen and oxygen atoms in total. The molecule has 23 heavy (non-hydrogen) atoms. The lowest BCUT2D eigenvalue weighted by Gasteiger charge is -2.33. The highest BCUT2D eigenvalue weighted by atomic mass is 31.2. The SMILES string of the molecule is CCOC(OCC)(c1ccc(-c2noc(=O)[nH]2)cc1)P(=O)(O)O. The number of aromatic amines is 1. The zero-order chi connectivity index (χ0) is 17.1. The van der Waals surface area contributed by atoms with E-state index in [2.05, 4.69) is 14.7 Å². The molecule has 1 heterocycles. The molecule has 2 aromatic rings. The van der Waals surface area contributed by atoms with Crippen molar-refractivity contribution in [3.05, 3.63) is 40.4 Å². The Balaban J connectivity index is 2.47. The fourth-order valence-electron chi connectivity index (χ4n) is 2.13. The van der Waals surface area contributed by atoms with Crippen LogP contribution in [0.5, 0.6) is 0 Å². The maximum atomic E-state index is 12.0. The van der Waals surface area contributed by atoms with Crippen molar-refractivity contribution < 1.29 is 28.3 Å². The Kier molecular flexibility index (Phi) is 5.18. The van der Waals surface area contributed by atoms with Crippen LogP contribution in [0, 0.1) is 0 Å². The first-order valence-electron chi connectivity index (χ1n) is 6.84. The summed E-state index contributed by atoms with van der Waals surface area (Å²) < 4.78 is 27.0. The van der Waals surface area contributed by atoms with Crippen LogP contribution in [-0.2, 0) is 19.6 Å². The van der Waals surface area contributed by atoms with Gasteiger partial charge in [0.2, 0.25) is 0 Å². The number of ether oxygens (including phenoxy) is 2. The average Bonchev–Trinajstić information content (AvgIpc) is 2.92. The summed E-state index contributed by atoms with van der Waals surface area (Å²) in [6.45, 7) is 3.31. The number of aromatic nitrogens is 2. The molecule has 0 spiro atoms. The maximum absolute atomic E-state index is 12.0. The van der Waals surface area contributed by atoms with Crippen LogP contribution in [-0.4, -0.2) is 33.1 Å². The monoisotopic (exact) mass is 344 g/mol. The van der Waals surface area contributed by atoms with Crippen LogP contribution < -0.4 is 5.76 Å². The molecule has 0 atom stereocenters. The van der Waals surface area contributed by atoms with E-state index in [-0.39, 0.29) is 24.6 Å². The Bertz CT molecular complexity index is 740. The predicted octanol–water partition coefficient (Wildman–Crippen LogP) is 1.39. The van der Waals surface area contributed by atoms with Gasteiger partial charge in [-0.25, -0.2) is 4.79 Å². The van der Waals surface area contributed by atoms with Gasteiger partial charge >= 0.3 is 13.4 Å².